The molecular formula is C22H34O13. The standard InChI is InChI=1S/C22H34O13/c1-9-15(24)17(26)19(28)21(34-9)33-8-14-16(25)18(27)20(29)22(35-14)32-7-11(23)10-4-5-12(30-2)13(6-10)31-3/h4-6,9,11,14-29H,7-8H2,1-3H3/t9-,11-,14-,15-,16-,17+,18+,19+,20-,21+,22-/m0/s1. The molecule has 0 bridgehead atoms. The highest BCUT2D eigenvalue weighted by atomic mass is 16.7. The summed E-state index contributed by atoms with van der Waals surface area (Å²) in [7, 11) is 2.93. The van der Waals surface area contributed by atoms with E-state index in [4.69, 9.17) is 28.4 Å². The maximum absolute atomic E-state index is 10.5. The summed E-state index contributed by atoms with van der Waals surface area (Å²) in [5.74, 6) is 0.867. The number of benzene rings is 1. The van der Waals surface area contributed by atoms with E-state index in [0.29, 0.717) is 17.1 Å². The molecule has 3 rings (SSSR count). The number of aliphatic hydroxyl groups excluding tert-OH is 7. The molecule has 0 spiro atoms. The zero-order chi connectivity index (χ0) is 25.9. The largest absolute Gasteiger partial charge is 0.493 e. The lowest BCUT2D eigenvalue weighted by Gasteiger charge is -2.42. The highest BCUT2D eigenvalue weighted by molar-refractivity contribution is 5.43. The molecule has 1 aromatic carbocycles. The first-order valence-corrected chi connectivity index (χ1v) is 11.1. The minimum absolute atomic E-state index is 0.334. The van der Waals surface area contributed by atoms with E-state index < -0.39 is 74.1 Å². The predicted molar refractivity (Wildman–Crippen MR) is 115 cm³/mol. The first-order chi connectivity index (χ1) is 16.6. The average Bonchev–Trinajstić information content (AvgIpc) is 2.86. The molecule has 2 aliphatic heterocycles. The fourth-order valence-electron chi connectivity index (χ4n) is 3.88. The first kappa shape index (κ1) is 28.0. The van der Waals surface area contributed by atoms with Crippen molar-refractivity contribution >= 4 is 0 Å². The predicted octanol–water partition coefficient (Wildman–Crippen LogP) is -2.59. The molecular weight excluding hydrogens is 472 g/mol. The van der Waals surface area contributed by atoms with Crippen LogP contribution in [0.1, 0.15) is 18.6 Å². The Hall–Kier alpha value is -1.62. The summed E-state index contributed by atoms with van der Waals surface area (Å²) in [6, 6.07) is 4.77. The van der Waals surface area contributed by atoms with Gasteiger partial charge in [0, 0.05) is 0 Å². The molecule has 0 amide bonds. The molecule has 2 aliphatic rings. The molecule has 2 heterocycles. The smallest absolute Gasteiger partial charge is 0.186 e. The summed E-state index contributed by atoms with van der Waals surface area (Å²) in [4.78, 5) is 0. The Kier molecular flexibility index (Phi) is 9.65. The minimum Gasteiger partial charge on any atom is -0.493 e. The number of hydrogen-bond acceptors (Lipinski definition) is 13. The summed E-state index contributed by atoms with van der Waals surface area (Å²) in [5, 5.41) is 71.0. The first-order valence-electron chi connectivity index (χ1n) is 11.1. The van der Waals surface area contributed by atoms with Crippen molar-refractivity contribution in [1.29, 1.82) is 0 Å². The van der Waals surface area contributed by atoms with Gasteiger partial charge < -0.3 is 64.2 Å². The van der Waals surface area contributed by atoms with Crippen molar-refractivity contribution < 1.29 is 64.2 Å². The normalized spacial score (nSPS) is 38.7. The summed E-state index contributed by atoms with van der Waals surface area (Å²) in [6.45, 7) is 0.732. The zero-order valence-corrected chi connectivity index (χ0v) is 19.6. The van der Waals surface area contributed by atoms with Crippen LogP contribution in [0.15, 0.2) is 18.2 Å². The van der Waals surface area contributed by atoms with Gasteiger partial charge in [0.25, 0.3) is 0 Å². The molecule has 0 aromatic heterocycles. The van der Waals surface area contributed by atoms with Gasteiger partial charge >= 0.3 is 0 Å². The SMILES string of the molecule is COc1ccc([C@@H](O)CO[C@H]2O[C@@H](CO[C@@H]3O[C@@H](C)[C@H](O)[C@@H](O)[C@H]3O)[C@H](O)[C@@H](O)[C@@H]2O)cc1OC. The zero-order valence-electron chi connectivity index (χ0n) is 19.6. The summed E-state index contributed by atoms with van der Waals surface area (Å²) in [5.41, 5.74) is 0.437. The van der Waals surface area contributed by atoms with Crippen molar-refractivity contribution in [3.63, 3.8) is 0 Å². The van der Waals surface area contributed by atoms with Crippen molar-refractivity contribution in [1.82, 2.24) is 0 Å². The van der Waals surface area contributed by atoms with E-state index in [1.165, 1.54) is 21.1 Å². The van der Waals surface area contributed by atoms with Gasteiger partial charge in [0.15, 0.2) is 24.1 Å². The van der Waals surface area contributed by atoms with E-state index in [0.717, 1.165) is 0 Å². The van der Waals surface area contributed by atoms with Crippen LogP contribution >= 0.6 is 0 Å². The molecule has 1 aromatic rings. The number of ether oxygens (including phenoxy) is 6. The van der Waals surface area contributed by atoms with Crippen LogP contribution in [-0.2, 0) is 18.9 Å². The quantitative estimate of drug-likeness (QED) is 0.184. The Morgan fingerprint density at radius 2 is 1.37 bits per heavy atom. The second-order valence-corrected chi connectivity index (χ2v) is 8.49. The summed E-state index contributed by atoms with van der Waals surface area (Å²) < 4.78 is 32.1. The molecule has 11 atom stereocenters. The number of hydrogen-bond donors (Lipinski definition) is 7. The third kappa shape index (κ3) is 6.21. The fraction of sp³-hybridized carbons (Fsp3) is 0.727. The average molecular weight is 507 g/mol. The molecule has 2 saturated heterocycles. The molecule has 2 fully saturated rings. The van der Waals surface area contributed by atoms with Gasteiger partial charge in [-0.05, 0) is 24.6 Å². The second-order valence-electron chi connectivity index (χ2n) is 8.49. The van der Waals surface area contributed by atoms with E-state index in [1.54, 1.807) is 18.2 Å². The third-order valence-electron chi connectivity index (χ3n) is 6.11. The molecule has 13 heteroatoms. The van der Waals surface area contributed by atoms with Crippen LogP contribution in [0.4, 0.5) is 0 Å². The van der Waals surface area contributed by atoms with E-state index in [1.807, 2.05) is 0 Å². The topological polar surface area (TPSA) is 197 Å². The highest BCUT2D eigenvalue weighted by Crippen LogP contribution is 2.31. The van der Waals surface area contributed by atoms with Crippen LogP contribution in [0.25, 0.3) is 0 Å². The van der Waals surface area contributed by atoms with Gasteiger partial charge in [-0.15, -0.1) is 0 Å². The highest BCUT2D eigenvalue weighted by Gasteiger charge is 2.47. The Morgan fingerprint density at radius 3 is 2.00 bits per heavy atom. The van der Waals surface area contributed by atoms with Crippen LogP contribution < -0.4 is 9.47 Å². The van der Waals surface area contributed by atoms with Gasteiger partial charge in [-0.1, -0.05) is 6.07 Å². The van der Waals surface area contributed by atoms with Gasteiger partial charge in [-0.25, -0.2) is 0 Å². The minimum atomic E-state index is -1.66. The maximum atomic E-state index is 10.5. The summed E-state index contributed by atoms with van der Waals surface area (Å²) in [6.07, 6.45) is -15.2. The van der Waals surface area contributed by atoms with Gasteiger partial charge in [0.05, 0.1) is 33.5 Å². The van der Waals surface area contributed by atoms with Crippen molar-refractivity contribution in [3.8, 4) is 11.5 Å². The van der Waals surface area contributed by atoms with E-state index >= 15 is 0 Å². The van der Waals surface area contributed by atoms with Crippen LogP contribution in [-0.4, -0.2) is 125 Å². The van der Waals surface area contributed by atoms with Crippen molar-refractivity contribution in [3.05, 3.63) is 23.8 Å². The van der Waals surface area contributed by atoms with Crippen molar-refractivity contribution in [2.24, 2.45) is 0 Å². The lowest BCUT2D eigenvalue weighted by Crippen LogP contribution is -2.61. The molecule has 35 heavy (non-hydrogen) atoms. The van der Waals surface area contributed by atoms with Gasteiger partial charge in [-0.3, -0.25) is 0 Å². The van der Waals surface area contributed by atoms with Crippen LogP contribution in [0.3, 0.4) is 0 Å². The fourth-order valence-corrected chi connectivity index (χ4v) is 3.88. The van der Waals surface area contributed by atoms with E-state index in [2.05, 4.69) is 0 Å². The van der Waals surface area contributed by atoms with Gasteiger partial charge in [0.2, 0.25) is 0 Å². The lowest BCUT2D eigenvalue weighted by atomic mass is 9.98. The van der Waals surface area contributed by atoms with Crippen LogP contribution in [0, 0.1) is 0 Å². The third-order valence-corrected chi connectivity index (χ3v) is 6.11. The number of aliphatic hydroxyl groups is 7. The second kappa shape index (κ2) is 12.1. The Bertz CT molecular complexity index is 810. The van der Waals surface area contributed by atoms with Crippen LogP contribution in [0.2, 0.25) is 0 Å². The number of methoxy groups -OCH3 is 2. The molecule has 200 valence electrons. The molecule has 0 unspecified atom stereocenters. The lowest BCUT2D eigenvalue weighted by molar-refractivity contribution is -0.329. The number of rotatable bonds is 9. The Labute approximate surface area is 201 Å². The molecule has 0 aliphatic carbocycles. The summed E-state index contributed by atoms with van der Waals surface area (Å²) >= 11 is 0. The van der Waals surface area contributed by atoms with Crippen molar-refractivity contribution in [2.45, 2.75) is 74.4 Å². The molecule has 7 N–H and O–H groups in total. The van der Waals surface area contributed by atoms with Crippen molar-refractivity contribution in [2.75, 3.05) is 27.4 Å². The van der Waals surface area contributed by atoms with E-state index in [-0.39, 0.29) is 6.61 Å². The molecule has 0 radical (unpaired) electrons. The van der Waals surface area contributed by atoms with Gasteiger partial charge in [-0.2, -0.15) is 0 Å². The van der Waals surface area contributed by atoms with E-state index in [9.17, 15) is 35.7 Å². The van der Waals surface area contributed by atoms with Gasteiger partial charge in [0.1, 0.15) is 48.8 Å². The Balaban J connectivity index is 1.59. The molecule has 13 nitrogen and oxygen atoms in total. The van der Waals surface area contributed by atoms with Crippen LogP contribution in [0.5, 0.6) is 11.5 Å². The Morgan fingerprint density at radius 1 is 0.771 bits per heavy atom. The molecule has 0 saturated carbocycles. The maximum Gasteiger partial charge on any atom is 0.186 e. The monoisotopic (exact) mass is 506 g/mol.